The van der Waals surface area contributed by atoms with E-state index in [1.54, 1.807) is 10.6 Å². The van der Waals surface area contributed by atoms with Crippen LogP contribution in [-0.4, -0.2) is 56.3 Å². The molecule has 3 heterocycles. The van der Waals surface area contributed by atoms with E-state index in [9.17, 15) is 14.7 Å². The van der Waals surface area contributed by atoms with E-state index in [0.29, 0.717) is 41.6 Å². The average Bonchev–Trinajstić information content (AvgIpc) is 2.78. The number of anilines is 1. The smallest absolute Gasteiger partial charge is 0.407 e. The second kappa shape index (κ2) is 8.78. The van der Waals surface area contributed by atoms with Crippen molar-refractivity contribution in [2.24, 2.45) is 0 Å². The van der Waals surface area contributed by atoms with Gasteiger partial charge in [0.25, 0.3) is 0 Å². The van der Waals surface area contributed by atoms with Crippen molar-refractivity contribution in [3.63, 3.8) is 0 Å². The average molecular weight is 456 g/mol. The molecule has 32 heavy (non-hydrogen) atoms. The molecule has 3 aromatic rings. The van der Waals surface area contributed by atoms with Gasteiger partial charge in [0.05, 0.1) is 11.1 Å². The first kappa shape index (κ1) is 22.1. The Labute approximate surface area is 191 Å². The van der Waals surface area contributed by atoms with Crippen molar-refractivity contribution in [1.82, 2.24) is 19.4 Å². The molecule has 0 saturated carbocycles. The third kappa shape index (κ3) is 3.79. The fourth-order valence-corrected chi connectivity index (χ4v) is 4.57. The molecule has 2 aromatic heterocycles. The molecule has 9 heteroatoms. The second-order valence-electron chi connectivity index (χ2n) is 7.96. The molecule has 0 spiro atoms. The predicted molar refractivity (Wildman–Crippen MR) is 125 cm³/mol. The Morgan fingerprint density at radius 2 is 1.81 bits per heavy atom. The van der Waals surface area contributed by atoms with Crippen LogP contribution in [0.3, 0.4) is 0 Å². The van der Waals surface area contributed by atoms with E-state index in [0.717, 1.165) is 29.7 Å². The summed E-state index contributed by atoms with van der Waals surface area (Å²) in [5, 5.41) is 10.3. The molecule has 1 fully saturated rings. The summed E-state index contributed by atoms with van der Waals surface area (Å²) in [6.45, 7) is 7.15. The zero-order valence-electron chi connectivity index (χ0n) is 18.4. The van der Waals surface area contributed by atoms with Crippen LogP contribution in [0.2, 0.25) is 5.15 Å². The van der Waals surface area contributed by atoms with Crippen molar-refractivity contribution in [2.45, 2.75) is 39.7 Å². The maximum Gasteiger partial charge on any atom is 0.407 e. The van der Waals surface area contributed by atoms with Gasteiger partial charge in [0.15, 0.2) is 5.65 Å². The summed E-state index contributed by atoms with van der Waals surface area (Å²) < 4.78 is 1.57. The quantitative estimate of drug-likeness (QED) is 0.602. The second-order valence-corrected chi connectivity index (χ2v) is 8.35. The molecule has 1 unspecified atom stereocenters. The lowest BCUT2D eigenvalue weighted by Crippen LogP contribution is -2.54. The number of hydrogen-bond donors (Lipinski definition) is 1. The lowest BCUT2D eigenvalue weighted by atomic mass is 10.0. The van der Waals surface area contributed by atoms with Gasteiger partial charge in [-0.2, -0.15) is 4.98 Å². The summed E-state index contributed by atoms with van der Waals surface area (Å²) in [6, 6.07) is 9.40. The Morgan fingerprint density at radius 3 is 2.41 bits per heavy atom. The lowest BCUT2D eigenvalue weighted by Gasteiger charge is -2.39. The fourth-order valence-electron chi connectivity index (χ4n) is 4.43. The van der Waals surface area contributed by atoms with Crippen molar-refractivity contribution >= 4 is 34.5 Å². The summed E-state index contributed by atoms with van der Waals surface area (Å²) >= 11 is 6.27. The number of carbonyl (C=O) groups is 1. The summed E-state index contributed by atoms with van der Waals surface area (Å²) in [4.78, 5) is 37.2. The Balaban J connectivity index is 1.95. The van der Waals surface area contributed by atoms with Crippen LogP contribution < -0.4 is 10.6 Å². The molecule has 168 valence electrons. The standard InChI is InChI=1S/C23H26ClN5O3/c1-4-15-7-6-8-16(5-2)19(15)29-21-17(9-10-18(24)25-21)20(26-22(29)30)28-12-11-27(23(31)32)13-14(28)3/h6-10,14H,4-5,11-13H2,1-3H3,(H,31,32). The third-order valence-corrected chi connectivity index (χ3v) is 6.26. The van der Waals surface area contributed by atoms with Gasteiger partial charge >= 0.3 is 11.8 Å². The highest BCUT2D eigenvalue weighted by atomic mass is 35.5. The summed E-state index contributed by atoms with van der Waals surface area (Å²) in [6.07, 6.45) is 0.572. The largest absolute Gasteiger partial charge is 0.465 e. The Bertz CT molecular complexity index is 1220. The maximum absolute atomic E-state index is 13.5. The first-order valence-electron chi connectivity index (χ1n) is 10.8. The van der Waals surface area contributed by atoms with E-state index in [1.807, 2.05) is 36.1 Å². The zero-order chi connectivity index (χ0) is 23.0. The molecule has 1 amide bonds. The summed E-state index contributed by atoms with van der Waals surface area (Å²) in [5.41, 5.74) is 2.91. The van der Waals surface area contributed by atoms with Gasteiger partial charge in [-0.15, -0.1) is 0 Å². The molecule has 1 aliphatic heterocycles. The Kier molecular flexibility index (Phi) is 6.06. The number of aromatic nitrogens is 3. The van der Waals surface area contributed by atoms with E-state index in [2.05, 4.69) is 23.8 Å². The van der Waals surface area contributed by atoms with Gasteiger partial charge in [-0.05, 0) is 43.0 Å². The predicted octanol–water partition coefficient (Wildman–Crippen LogP) is 3.75. The van der Waals surface area contributed by atoms with Crippen molar-refractivity contribution in [3.8, 4) is 5.69 Å². The van der Waals surface area contributed by atoms with Crippen LogP contribution >= 0.6 is 11.6 Å². The van der Waals surface area contributed by atoms with E-state index in [4.69, 9.17) is 11.6 Å². The summed E-state index contributed by atoms with van der Waals surface area (Å²) in [5.74, 6) is 0.509. The number of piperazine rings is 1. The van der Waals surface area contributed by atoms with Gasteiger partial charge in [-0.1, -0.05) is 43.6 Å². The minimum atomic E-state index is -0.943. The van der Waals surface area contributed by atoms with Crippen molar-refractivity contribution < 1.29 is 9.90 Å². The number of fused-ring (bicyclic) bond motifs is 1. The highest BCUT2D eigenvalue weighted by Gasteiger charge is 2.30. The van der Waals surface area contributed by atoms with E-state index in [1.165, 1.54) is 4.90 Å². The zero-order valence-corrected chi connectivity index (χ0v) is 19.1. The van der Waals surface area contributed by atoms with Crippen LogP contribution in [-0.2, 0) is 12.8 Å². The molecule has 1 N–H and O–H groups in total. The number of halogens is 1. The molecule has 1 saturated heterocycles. The Hall–Kier alpha value is -3.13. The number of hydrogen-bond acceptors (Lipinski definition) is 5. The molecule has 0 radical (unpaired) electrons. The molecule has 1 aromatic carbocycles. The number of rotatable bonds is 4. The normalized spacial score (nSPS) is 16.6. The molecule has 0 bridgehead atoms. The van der Waals surface area contributed by atoms with Gasteiger partial charge in [0, 0.05) is 25.7 Å². The number of carboxylic acid groups (broad SMARTS) is 1. The number of aryl methyl sites for hydroxylation is 2. The number of amides is 1. The van der Waals surface area contributed by atoms with E-state index < -0.39 is 11.8 Å². The van der Waals surface area contributed by atoms with Gasteiger partial charge in [-0.3, -0.25) is 0 Å². The number of para-hydroxylation sites is 1. The minimum absolute atomic E-state index is 0.143. The van der Waals surface area contributed by atoms with Crippen molar-refractivity contribution in [3.05, 3.63) is 57.1 Å². The molecule has 4 rings (SSSR count). The lowest BCUT2D eigenvalue weighted by molar-refractivity contribution is 0.136. The van der Waals surface area contributed by atoms with Crippen LogP contribution in [0, 0.1) is 0 Å². The summed E-state index contributed by atoms with van der Waals surface area (Å²) in [7, 11) is 0. The molecule has 1 aliphatic rings. The van der Waals surface area contributed by atoms with Crippen LogP contribution in [0.1, 0.15) is 31.9 Å². The monoisotopic (exact) mass is 455 g/mol. The first-order chi connectivity index (χ1) is 15.3. The van der Waals surface area contributed by atoms with Crippen LogP contribution in [0.5, 0.6) is 0 Å². The SMILES string of the molecule is CCc1cccc(CC)c1-n1c(=O)nc(N2CCN(C(=O)O)CC2C)c2ccc(Cl)nc21. The highest BCUT2D eigenvalue weighted by Crippen LogP contribution is 2.30. The van der Waals surface area contributed by atoms with Gasteiger partial charge in [0.1, 0.15) is 11.0 Å². The van der Waals surface area contributed by atoms with Gasteiger partial charge < -0.3 is 14.9 Å². The molecule has 0 aliphatic carbocycles. The van der Waals surface area contributed by atoms with Gasteiger partial charge in [-0.25, -0.2) is 19.1 Å². The Morgan fingerprint density at radius 1 is 1.12 bits per heavy atom. The number of nitrogens with zero attached hydrogens (tertiary/aromatic N) is 5. The van der Waals surface area contributed by atoms with Crippen LogP contribution in [0.4, 0.5) is 10.6 Å². The third-order valence-electron chi connectivity index (χ3n) is 6.05. The minimum Gasteiger partial charge on any atom is -0.465 e. The number of pyridine rings is 1. The molecular weight excluding hydrogens is 430 g/mol. The van der Waals surface area contributed by atoms with E-state index >= 15 is 0 Å². The highest BCUT2D eigenvalue weighted by molar-refractivity contribution is 6.29. The van der Waals surface area contributed by atoms with Crippen molar-refractivity contribution in [2.75, 3.05) is 24.5 Å². The fraction of sp³-hybridized carbons (Fsp3) is 0.391. The van der Waals surface area contributed by atoms with Crippen LogP contribution in [0.15, 0.2) is 35.1 Å². The first-order valence-corrected chi connectivity index (χ1v) is 11.2. The molecular formula is C23H26ClN5O3. The van der Waals surface area contributed by atoms with E-state index in [-0.39, 0.29) is 6.04 Å². The van der Waals surface area contributed by atoms with Crippen molar-refractivity contribution in [1.29, 1.82) is 0 Å². The topological polar surface area (TPSA) is 91.6 Å². The van der Waals surface area contributed by atoms with Gasteiger partial charge in [0.2, 0.25) is 0 Å². The number of benzene rings is 1. The maximum atomic E-state index is 13.5. The van der Waals surface area contributed by atoms with Crippen LogP contribution in [0.25, 0.3) is 16.7 Å². The molecule has 1 atom stereocenters. The molecule has 8 nitrogen and oxygen atoms in total.